The molecule has 0 saturated carbocycles. The highest BCUT2D eigenvalue weighted by molar-refractivity contribution is 6.42. The molecule has 1 amide bonds. The summed E-state index contributed by atoms with van der Waals surface area (Å²) in [7, 11) is 3.31. The molecule has 0 radical (unpaired) electrons. The van der Waals surface area contributed by atoms with Crippen LogP contribution in [-0.2, 0) is 4.79 Å². The maximum absolute atomic E-state index is 13.2. The van der Waals surface area contributed by atoms with Crippen LogP contribution in [0.5, 0.6) is 5.75 Å². The molecule has 0 aromatic heterocycles. The minimum absolute atomic E-state index is 0.0279. The molecular weight excluding hydrogens is 519 g/mol. The van der Waals surface area contributed by atoms with Crippen molar-refractivity contribution in [2.24, 2.45) is 0 Å². The van der Waals surface area contributed by atoms with Gasteiger partial charge in [-0.1, -0.05) is 59.6 Å². The number of anilines is 1. The van der Waals surface area contributed by atoms with Gasteiger partial charge in [-0.2, -0.15) is 5.26 Å². The van der Waals surface area contributed by atoms with Crippen molar-refractivity contribution in [3.63, 3.8) is 0 Å². The number of hydrogen-bond acceptors (Lipinski definition) is 5. The fourth-order valence-corrected chi connectivity index (χ4v) is 5.09. The van der Waals surface area contributed by atoms with E-state index in [0.717, 1.165) is 60.6 Å². The van der Waals surface area contributed by atoms with E-state index in [1.807, 2.05) is 30.3 Å². The second-order valence-corrected chi connectivity index (χ2v) is 10.3. The number of carbonyl (C=O) groups excluding carboxylic acids is 1. The Labute approximate surface area is 234 Å². The predicted octanol–water partition coefficient (Wildman–Crippen LogP) is 6.29. The van der Waals surface area contributed by atoms with Crippen molar-refractivity contribution in [2.75, 3.05) is 51.8 Å². The molecule has 1 atom stereocenters. The van der Waals surface area contributed by atoms with Crippen LogP contribution in [-0.4, -0.2) is 62.6 Å². The smallest absolute Gasteiger partial charge is 0.242 e. The van der Waals surface area contributed by atoms with E-state index in [-0.39, 0.29) is 25.0 Å². The second kappa shape index (κ2) is 13.0. The number of nitrogens with zero attached hydrogens (tertiary/aromatic N) is 4. The molecule has 8 heteroatoms. The lowest BCUT2D eigenvalue weighted by atomic mass is 9.98. The Hall–Kier alpha value is -3.24. The van der Waals surface area contributed by atoms with Gasteiger partial charge in [-0.15, -0.1) is 0 Å². The van der Waals surface area contributed by atoms with E-state index in [9.17, 15) is 4.79 Å². The number of ether oxygens (including phenoxy) is 1. The fraction of sp³-hybridized carbons (Fsp3) is 0.333. The first-order valence-electron chi connectivity index (χ1n) is 12.7. The summed E-state index contributed by atoms with van der Waals surface area (Å²) < 4.78 is 5.40. The Kier molecular flexibility index (Phi) is 9.52. The van der Waals surface area contributed by atoms with E-state index in [0.29, 0.717) is 10.0 Å². The first-order chi connectivity index (χ1) is 18.4. The molecule has 1 heterocycles. The molecular formula is C30H32Cl2N4O2. The van der Waals surface area contributed by atoms with Crippen LogP contribution < -0.4 is 9.64 Å². The Morgan fingerprint density at radius 3 is 2.42 bits per heavy atom. The molecule has 6 nitrogen and oxygen atoms in total. The topological polar surface area (TPSA) is 59.8 Å². The van der Waals surface area contributed by atoms with Crippen molar-refractivity contribution in [2.45, 2.75) is 18.9 Å². The lowest BCUT2D eigenvalue weighted by Gasteiger charge is -2.37. The normalized spacial score (nSPS) is 14.1. The van der Waals surface area contributed by atoms with E-state index in [1.165, 1.54) is 4.90 Å². The summed E-state index contributed by atoms with van der Waals surface area (Å²) in [4.78, 5) is 19.2. The molecule has 1 saturated heterocycles. The van der Waals surface area contributed by atoms with E-state index in [4.69, 9.17) is 33.2 Å². The molecule has 4 rings (SSSR count). The average Bonchev–Trinajstić information content (AvgIpc) is 3.46. The number of rotatable bonds is 10. The predicted molar refractivity (Wildman–Crippen MR) is 154 cm³/mol. The van der Waals surface area contributed by atoms with E-state index in [1.54, 1.807) is 20.2 Å². The Bertz CT molecular complexity index is 1290. The van der Waals surface area contributed by atoms with Crippen LogP contribution in [0.4, 0.5) is 5.69 Å². The number of likely N-dealkylation sites (N-methyl/N-ethyl adjacent to an activating group) is 1. The Balaban J connectivity index is 1.73. The highest BCUT2D eigenvalue weighted by atomic mass is 35.5. The molecule has 1 aliphatic heterocycles. The van der Waals surface area contributed by atoms with Gasteiger partial charge < -0.3 is 19.4 Å². The zero-order valence-electron chi connectivity index (χ0n) is 21.7. The van der Waals surface area contributed by atoms with Crippen LogP contribution in [0.25, 0.3) is 11.1 Å². The van der Waals surface area contributed by atoms with Crippen LogP contribution in [0.15, 0.2) is 66.7 Å². The van der Waals surface area contributed by atoms with Crippen LogP contribution in [0.3, 0.4) is 0 Å². The number of carbonyl (C=O) groups is 1. The largest absolute Gasteiger partial charge is 0.497 e. The number of amides is 1. The molecule has 0 N–H and O–H groups in total. The molecule has 38 heavy (non-hydrogen) atoms. The SMILES string of the molecule is COc1cccc(-c2ccc(C(CN3CCCC3)N(CC(=O)N(C)CC#N)c3ccc(Cl)c(Cl)c3)cc2)c1. The first kappa shape index (κ1) is 27.8. The van der Waals surface area contributed by atoms with E-state index < -0.39 is 0 Å². The lowest BCUT2D eigenvalue weighted by molar-refractivity contribution is -0.128. The van der Waals surface area contributed by atoms with Crippen molar-refractivity contribution in [3.05, 3.63) is 82.3 Å². The number of nitriles is 1. The third-order valence-electron chi connectivity index (χ3n) is 6.98. The van der Waals surface area contributed by atoms with Gasteiger partial charge >= 0.3 is 0 Å². The van der Waals surface area contributed by atoms with Gasteiger partial charge in [0, 0.05) is 19.3 Å². The molecule has 3 aromatic carbocycles. The average molecular weight is 552 g/mol. The van der Waals surface area contributed by atoms with Crippen molar-refractivity contribution in [1.82, 2.24) is 9.80 Å². The molecule has 0 aliphatic carbocycles. The maximum atomic E-state index is 13.2. The van der Waals surface area contributed by atoms with Crippen LogP contribution >= 0.6 is 23.2 Å². The van der Waals surface area contributed by atoms with Gasteiger partial charge in [-0.25, -0.2) is 0 Å². The van der Waals surface area contributed by atoms with E-state index in [2.05, 4.69) is 46.2 Å². The van der Waals surface area contributed by atoms with Crippen molar-refractivity contribution in [3.8, 4) is 22.9 Å². The Morgan fingerprint density at radius 1 is 1.03 bits per heavy atom. The number of benzene rings is 3. The number of methoxy groups -OCH3 is 1. The van der Waals surface area contributed by atoms with Gasteiger partial charge in [0.2, 0.25) is 5.91 Å². The highest BCUT2D eigenvalue weighted by Crippen LogP contribution is 2.34. The van der Waals surface area contributed by atoms with Gasteiger partial charge in [0.15, 0.2) is 0 Å². The molecule has 3 aromatic rings. The van der Waals surface area contributed by atoms with E-state index >= 15 is 0 Å². The molecule has 1 aliphatic rings. The zero-order chi connectivity index (χ0) is 27.1. The zero-order valence-corrected chi connectivity index (χ0v) is 23.3. The standard InChI is InChI=1S/C30H32Cl2N4O2/c1-34(17-14-33)30(37)21-36(25-12-13-27(31)28(32)19-25)29(20-35-15-3-4-16-35)23-10-8-22(9-11-23)24-6-5-7-26(18-24)38-2/h5-13,18-19,29H,3-4,15-17,20-21H2,1-2H3. The number of halogens is 2. The minimum atomic E-state index is -0.142. The molecule has 1 fully saturated rings. The summed E-state index contributed by atoms with van der Waals surface area (Å²) in [5.41, 5.74) is 4.05. The van der Waals surface area contributed by atoms with Gasteiger partial charge in [0.25, 0.3) is 0 Å². The summed E-state index contributed by atoms with van der Waals surface area (Å²) in [6.07, 6.45) is 2.33. The number of hydrogen-bond donors (Lipinski definition) is 0. The summed E-state index contributed by atoms with van der Waals surface area (Å²) in [5, 5.41) is 10.0. The summed E-state index contributed by atoms with van der Waals surface area (Å²) >= 11 is 12.7. The highest BCUT2D eigenvalue weighted by Gasteiger charge is 2.28. The van der Waals surface area contributed by atoms with Gasteiger partial charge in [0.05, 0.1) is 35.8 Å². The van der Waals surface area contributed by atoms with Crippen molar-refractivity contribution in [1.29, 1.82) is 5.26 Å². The third-order valence-corrected chi connectivity index (χ3v) is 7.72. The Morgan fingerprint density at radius 2 is 1.76 bits per heavy atom. The maximum Gasteiger partial charge on any atom is 0.242 e. The number of likely N-dealkylation sites (tertiary alicyclic amines) is 1. The molecule has 1 unspecified atom stereocenters. The third kappa shape index (κ3) is 6.79. The van der Waals surface area contributed by atoms with Crippen molar-refractivity contribution < 1.29 is 9.53 Å². The van der Waals surface area contributed by atoms with Crippen molar-refractivity contribution >= 4 is 34.8 Å². The van der Waals surface area contributed by atoms with Gasteiger partial charge in [-0.05, 0) is 73.0 Å². The molecule has 0 spiro atoms. The fourth-order valence-electron chi connectivity index (χ4n) is 4.80. The summed E-state index contributed by atoms with van der Waals surface area (Å²) in [6, 6.07) is 23.9. The van der Waals surface area contributed by atoms with Gasteiger partial charge in [-0.3, -0.25) is 4.79 Å². The summed E-state index contributed by atoms with van der Waals surface area (Å²) in [5.74, 6) is 0.668. The van der Waals surface area contributed by atoms with Crippen LogP contribution in [0.2, 0.25) is 10.0 Å². The lowest BCUT2D eigenvalue weighted by Crippen LogP contribution is -2.44. The van der Waals surface area contributed by atoms with Crippen LogP contribution in [0, 0.1) is 11.3 Å². The monoisotopic (exact) mass is 550 g/mol. The van der Waals surface area contributed by atoms with Gasteiger partial charge in [0.1, 0.15) is 12.3 Å². The molecule has 0 bridgehead atoms. The quantitative estimate of drug-likeness (QED) is 0.277. The van der Waals surface area contributed by atoms with Crippen LogP contribution in [0.1, 0.15) is 24.4 Å². The minimum Gasteiger partial charge on any atom is -0.497 e. The molecule has 198 valence electrons. The first-order valence-corrected chi connectivity index (χ1v) is 13.4. The summed E-state index contributed by atoms with van der Waals surface area (Å²) in [6.45, 7) is 2.94. The second-order valence-electron chi connectivity index (χ2n) is 9.51.